The summed E-state index contributed by atoms with van der Waals surface area (Å²) in [5.74, 6) is -27.0. The van der Waals surface area contributed by atoms with Crippen LogP contribution in [0.3, 0.4) is 0 Å². The number of hydrogen-bond donors (Lipinski definition) is 9. The summed E-state index contributed by atoms with van der Waals surface area (Å²) in [6, 6.07) is 38.7. The third-order valence-electron chi connectivity index (χ3n) is 13.5. The smallest absolute Gasteiger partial charge is 0.407 e. The Hall–Kier alpha value is -12.8. The number of carboxylic acids is 1. The number of carbonyl (C=O) groups excluding carboxylic acids is 3. The Balaban J connectivity index is 0.000000373. The van der Waals surface area contributed by atoms with Crippen LogP contribution in [0, 0.1) is 62.9 Å². The van der Waals surface area contributed by atoms with Gasteiger partial charge in [-0.1, -0.05) is 114 Å². The third kappa shape index (κ3) is 35.0. The van der Waals surface area contributed by atoms with E-state index in [1.807, 2.05) is 112 Å². The Bertz CT molecular complexity index is 5600. The lowest BCUT2D eigenvalue weighted by atomic mass is 10.1. The summed E-state index contributed by atoms with van der Waals surface area (Å²) in [6.07, 6.45) is 12.2. The molecule has 0 unspecified atom stereocenters. The first-order valence-electron chi connectivity index (χ1n) is 34.0. The molecule has 0 atom stereocenters. The number of aromatic hydroxyl groups is 1. The minimum Gasteiger partial charge on any atom is -0.503 e. The summed E-state index contributed by atoms with van der Waals surface area (Å²) >= 11 is 4.65. The van der Waals surface area contributed by atoms with Gasteiger partial charge in [0.2, 0.25) is 63.9 Å². The van der Waals surface area contributed by atoms with E-state index >= 15 is 0 Å². The minimum absolute atomic E-state index is 0. The van der Waals surface area contributed by atoms with Gasteiger partial charge in [0, 0.05) is 121 Å². The highest BCUT2D eigenvalue weighted by Gasteiger charge is 2.33. The first kappa shape index (κ1) is 104. The number of H-pyrrole nitrogens is 1. The summed E-state index contributed by atoms with van der Waals surface area (Å²) < 4.78 is 221. The minimum atomic E-state index is -4.96. The molecule has 0 fully saturated rings. The molecule has 0 radical (unpaired) electrons. The van der Waals surface area contributed by atoms with E-state index in [0.29, 0.717) is 54.7 Å². The molecule has 7 heterocycles. The van der Waals surface area contributed by atoms with Gasteiger partial charge in [0.25, 0.3) is 46.4 Å². The molecule has 0 aliphatic carbocycles. The van der Waals surface area contributed by atoms with Gasteiger partial charge < -0.3 is 65.1 Å². The first-order valence-corrected chi connectivity index (χ1v) is 39.6. The van der Waals surface area contributed by atoms with Crippen molar-refractivity contribution in [1.82, 2.24) is 76.0 Å². The SMILES string of the molecule is C.CC(C)(C)OC(=O)NCCCN.Cl.NCCCNC(=O)c1cc(-c2ccccc2)on1.O=C(NCCCNS(=O)(=O)c1ncccn1)c1cc(-c2ccccc2)on1.O=C(O)c1cc(-c2ccccc2)on1.O=S(=O)(Cl)c1ncccn1.O=S(=O)(Oc1c(F)c(F)c(F)c(F)c1F)c1ncccn1.Oc1c(F)c(F)c(F)c(F)c1F.S=c1nccc[nH]1. The number of amides is 3. The number of phenols is 1. The van der Waals surface area contributed by atoms with Crippen LogP contribution in [-0.2, 0) is 33.9 Å². The molecule has 12 rings (SSSR count). The number of aromatic carboxylic acids is 1. The number of ether oxygens (including phenoxy) is 1. The summed E-state index contributed by atoms with van der Waals surface area (Å²) in [6.45, 7) is 8.14. The molecule has 0 bridgehead atoms. The largest absolute Gasteiger partial charge is 0.503 e. The van der Waals surface area contributed by atoms with Crippen LogP contribution in [0.1, 0.15) is 78.9 Å². The number of hydrogen-bond acceptors (Lipinski definition) is 29. The van der Waals surface area contributed by atoms with Crippen molar-refractivity contribution in [2.45, 2.75) is 68.5 Å². The zero-order valence-electron chi connectivity index (χ0n) is 63.0. The lowest BCUT2D eigenvalue weighted by Gasteiger charge is -2.19. The van der Waals surface area contributed by atoms with Gasteiger partial charge in [-0.05, 0) is 89.6 Å². The second-order valence-electron chi connectivity index (χ2n) is 23.6. The van der Waals surface area contributed by atoms with Crippen LogP contribution >= 0.6 is 35.3 Å². The van der Waals surface area contributed by atoms with E-state index in [0.717, 1.165) is 41.9 Å². The predicted molar refractivity (Wildman–Crippen MR) is 423 cm³/mol. The summed E-state index contributed by atoms with van der Waals surface area (Å²) in [7, 11) is -7.56. The van der Waals surface area contributed by atoms with Gasteiger partial charge in [-0.25, -0.2) is 92.4 Å². The van der Waals surface area contributed by atoms with Gasteiger partial charge in [-0.3, -0.25) is 9.59 Å². The monoisotopic (exact) mass is 1850 g/mol. The molecule has 5 aromatic carbocycles. The fourth-order valence-corrected chi connectivity index (χ4v) is 10.5. The molecule has 0 saturated carbocycles. The normalized spacial score (nSPS) is 10.6. The van der Waals surface area contributed by atoms with E-state index in [9.17, 15) is 88.3 Å². The molecule has 7 aromatic heterocycles. The third-order valence-corrected chi connectivity index (χ3v) is 17.1. The van der Waals surface area contributed by atoms with E-state index in [4.69, 9.17) is 50.7 Å². The van der Waals surface area contributed by atoms with Crippen molar-refractivity contribution in [2.75, 3.05) is 39.3 Å². The van der Waals surface area contributed by atoms with Crippen LogP contribution in [0.15, 0.2) is 212 Å². The van der Waals surface area contributed by atoms with Crippen LogP contribution in [0.25, 0.3) is 34.0 Å². The maximum Gasteiger partial charge on any atom is 0.407 e. The highest BCUT2D eigenvalue weighted by Crippen LogP contribution is 2.32. The first-order chi connectivity index (χ1) is 57.3. The number of aromatic nitrogens is 11. The average molecular weight is 1850 g/mol. The zero-order chi connectivity index (χ0) is 89.5. The van der Waals surface area contributed by atoms with Crippen molar-refractivity contribution in [2.24, 2.45) is 11.5 Å². The number of nitrogens with one attached hydrogen (secondary N) is 5. The van der Waals surface area contributed by atoms with Gasteiger partial charge in [-0.15, -0.1) is 12.4 Å². The summed E-state index contributed by atoms with van der Waals surface area (Å²) in [4.78, 5) is 72.4. The number of nitrogens with two attached hydrogens (primary N) is 2. The molecule has 0 saturated heterocycles. The number of carbonyl (C=O) groups is 4. The second kappa shape index (κ2) is 51.7. The Morgan fingerprint density at radius 1 is 0.488 bits per heavy atom. The fraction of sp³-hybridized carbons (Fsp3) is 0.192. The summed E-state index contributed by atoms with van der Waals surface area (Å²) in [5, 5.41) is 34.2. The molecular formula is C73H73Cl2F10N17O17S4. The lowest BCUT2D eigenvalue weighted by Crippen LogP contribution is -2.33. The van der Waals surface area contributed by atoms with Crippen molar-refractivity contribution < 1.29 is 121 Å². The van der Waals surface area contributed by atoms with Crippen molar-refractivity contribution in [1.29, 1.82) is 0 Å². The number of halogens is 12. The molecule has 3 amide bonds. The second-order valence-corrected chi connectivity index (χ2v) is 29.5. The number of sulfonamides is 1. The quantitative estimate of drug-likeness (QED) is 0.00445. The Morgan fingerprint density at radius 2 is 0.837 bits per heavy atom. The Morgan fingerprint density at radius 3 is 1.18 bits per heavy atom. The van der Waals surface area contributed by atoms with Gasteiger partial charge in [0.05, 0.1) is 0 Å². The number of rotatable bonds is 22. The molecule has 0 spiro atoms. The lowest BCUT2D eigenvalue weighted by molar-refractivity contribution is 0.0526. The van der Waals surface area contributed by atoms with Crippen molar-refractivity contribution in [3.63, 3.8) is 0 Å². The molecule has 34 nitrogen and oxygen atoms in total. The molecule has 50 heteroatoms. The maximum atomic E-state index is 13.3. The highest BCUT2D eigenvalue weighted by molar-refractivity contribution is 8.13. The number of benzene rings is 5. The molecular weight excluding hydrogens is 1780 g/mol. The zero-order valence-corrected chi connectivity index (χ0v) is 67.9. The van der Waals surface area contributed by atoms with Crippen molar-refractivity contribution >= 4 is 88.4 Å². The van der Waals surface area contributed by atoms with Crippen LogP contribution in [0.2, 0.25) is 0 Å². The number of carboxylic acid groups (broad SMARTS) is 1. The highest BCUT2D eigenvalue weighted by atomic mass is 35.7. The Labute approximate surface area is 709 Å². The number of phenolic OH excluding ortho intramolecular Hbond substituents is 1. The van der Waals surface area contributed by atoms with E-state index in [2.05, 4.69) is 92.4 Å². The van der Waals surface area contributed by atoms with Crippen LogP contribution in [0.4, 0.5) is 48.7 Å². The van der Waals surface area contributed by atoms with E-state index in [-0.39, 0.29) is 72.3 Å². The molecule has 0 aliphatic heterocycles. The van der Waals surface area contributed by atoms with Gasteiger partial charge in [0.15, 0.2) is 44.9 Å². The fourth-order valence-electron chi connectivity index (χ4n) is 7.97. The van der Waals surface area contributed by atoms with Crippen LogP contribution < -0.4 is 36.3 Å². The van der Waals surface area contributed by atoms with Gasteiger partial charge in [-0.2, -0.15) is 26.0 Å². The van der Waals surface area contributed by atoms with Crippen LogP contribution in [-0.4, -0.2) is 160 Å². The molecule has 11 N–H and O–H groups in total. The molecule has 0 aliphatic rings. The number of aromatic amines is 1. The molecule has 12 aromatic rings. The van der Waals surface area contributed by atoms with E-state index in [1.54, 1.807) is 30.6 Å². The topological polar surface area (TPSA) is 514 Å². The van der Waals surface area contributed by atoms with Gasteiger partial charge in [0.1, 0.15) is 5.60 Å². The van der Waals surface area contributed by atoms with Crippen LogP contribution in [0.5, 0.6) is 11.5 Å². The number of alkyl carbamates (subject to hydrolysis) is 1. The average Bonchev–Trinajstić information content (AvgIpc) is 1.77. The van der Waals surface area contributed by atoms with Crippen molar-refractivity contribution in [3.8, 4) is 45.5 Å². The maximum absolute atomic E-state index is 13.3. The molecule has 660 valence electrons. The Kier molecular flexibility index (Phi) is 43.9. The van der Waals surface area contributed by atoms with Crippen molar-refractivity contribution in [3.05, 3.63) is 263 Å². The molecule has 123 heavy (non-hydrogen) atoms. The van der Waals surface area contributed by atoms with E-state index < -0.39 is 121 Å². The van der Waals surface area contributed by atoms with Gasteiger partial charge >= 0.3 is 22.2 Å². The standard InChI is InChI=1S/C17H17N5O4S.C13H15N3O2.C10H3F5N2O3S.C10H7NO3.C8H18N2O2.C6HF5O.C4H3ClN2O2S.C4H4N2S.CH4.ClH/c23-16(14-12-15(26-22-14)13-6-2-1-3-7-13)18-8-5-11-21-27(24,25)17-19-9-4-10-20-17;14-7-4-8-15-13(17)11-9-12(18-16-11)10-5-2-1-3-6-10;11-4-5(12)7(14)9(8(15)6(4)13)20-21(18,19)10-16-2-1-3-17-10;12-10(13)8-6-9(14-11-8)7-4-2-1-3-5-7;1-8(2,3)12-7(11)10-6-4-5-9;7-1-2(8)4(10)6(12)5(11)3(1)9;5-10(8,9)4-6-2-1-3-7-4;7-4-5-2-1-3-6-4;;/h1-4,6-7,9-10,12,21H,5,8,11H2,(H,18,23);1-3,5-6,9H,4,7-8,14H2,(H,15,17);1-3H;1-6H,(H,12,13);4-6,9H2,1-3H3,(H,10,11);12H;1-3H;1-3H,(H,5,6,7);1H4;1H. The summed E-state index contributed by atoms with van der Waals surface area (Å²) in [5.41, 5.74) is 13.1. The number of nitrogens with zero attached hydrogens (tertiary/aromatic N) is 10. The van der Waals surface area contributed by atoms with E-state index in [1.165, 1.54) is 49.1 Å². The predicted octanol–water partition coefficient (Wildman–Crippen LogP) is 12.2.